The number of carbonyl (C=O) groups is 2. The lowest BCUT2D eigenvalue weighted by Gasteiger charge is -2.13. The van der Waals surface area contributed by atoms with E-state index in [4.69, 9.17) is 30.6 Å². The Hall–Kier alpha value is -3.91. The van der Waals surface area contributed by atoms with E-state index in [1.165, 1.54) is 19.2 Å². The van der Waals surface area contributed by atoms with Crippen LogP contribution in [0.2, 0.25) is 5.02 Å². The standard InChI is InChI=1S/C23H22ClF3N2O9/c1-3-8-35-21(30)12-36-22(31)13-37-28-18(11-34-2)16-10-15(5-6-19(16)29(32)33)38-20-7-4-14(9-17(20)24)23(25,26)27/h4-7,9-10H,3,8,11-13H2,1-2H3. The predicted octanol–water partition coefficient (Wildman–Crippen LogP) is 4.92. The molecule has 206 valence electrons. The lowest BCUT2D eigenvalue weighted by Crippen LogP contribution is -2.20. The van der Waals surface area contributed by atoms with Crippen LogP contribution in [0.15, 0.2) is 41.6 Å². The van der Waals surface area contributed by atoms with Gasteiger partial charge in [-0.15, -0.1) is 0 Å². The molecule has 0 saturated carbocycles. The zero-order chi connectivity index (χ0) is 28.3. The molecular weight excluding hydrogens is 541 g/mol. The van der Waals surface area contributed by atoms with Crippen molar-refractivity contribution in [1.29, 1.82) is 0 Å². The average Bonchev–Trinajstić information content (AvgIpc) is 2.86. The van der Waals surface area contributed by atoms with Gasteiger partial charge in [0.05, 0.1) is 34.3 Å². The van der Waals surface area contributed by atoms with Crippen molar-refractivity contribution in [2.45, 2.75) is 19.5 Å². The summed E-state index contributed by atoms with van der Waals surface area (Å²) in [4.78, 5) is 38.9. The zero-order valence-corrected chi connectivity index (χ0v) is 20.8. The van der Waals surface area contributed by atoms with Crippen molar-refractivity contribution < 1.29 is 51.5 Å². The van der Waals surface area contributed by atoms with E-state index in [0.717, 1.165) is 18.2 Å². The first-order valence-corrected chi connectivity index (χ1v) is 11.2. The number of oxime groups is 1. The minimum Gasteiger partial charge on any atom is -0.463 e. The Labute approximate surface area is 219 Å². The van der Waals surface area contributed by atoms with Crippen molar-refractivity contribution in [3.8, 4) is 11.5 Å². The molecule has 0 N–H and O–H groups in total. The minimum absolute atomic E-state index is 0.0268. The number of esters is 2. The van der Waals surface area contributed by atoms with Crippen LogP contribution in [-0.2, 0) is 34.8 Å². The summed E-state index contributed by atoms with van der Waals surface area (Å²) in [5.74, 6) is -1.87. The Bertz CT molecular complexity index is 1190. The molecule has 15 heteroatoms. The van der Waals surface area contributed by atoms with Crippen molar-refractivity contribution in [1.82, 2.24) is 0 Å². The SMILES string of the molecule is CCCOC(=O)COC(=O)CON=C(COC)c1cc(Oc2ccc(C(F)(F)F)cc2Cl)ccc1[N+](=O)[O-]. The number of nitro benzene ring substituents is 1. The third-order valence-electron chi connectivity index (χ3n) is 4.42. The summed E-state index contributed by atoms with van der Waals surface area (Å²) in [6.07, 6.45) is -4.02. The van der Waals surface area contributed by atoms with Crippen molar-refractivity contribution in [3.05, 3.63) is 62.7 Å². The van der Waals surface area contributed by atoms with Gasteiger partial charge in [-0.2, -0.15) is 13.2 Å². The maximum Gasteiger partial charge on any atom is 0.416 e. The Morgan fingerprint density at radius 2 is 1.76 bits per heavy atom. The first-order valence-electron chi connectivity index (χ1n) is 10.8. The highest BCUT2D eigenvalue weighted by Crippen LogP contribution is 2.37. The maximum absolute atomic E-state index is 12.9. The van der Waals surface area contributed by atoms with Gasteiger partial charge in [0.2, 0.25) is 6.61 Å². The summed E-state index contributed by atoms with van der Waals surface area (Å²) < 4.78 is 58.6. The fraction of sp³-hybridized carbons (Fsp3) is 0.348. The van der Waals surface area contributed by atoms with E-state index in [0.29, 0.717) is 12.5 Å². The van der Waals surface area contributed by atoms with E-state index in [-0.39, 0.29) is 41.0 Å². The van der Waals surface area contributed by atoms with E-state index in [9.17, 15) is 32.9 Å². The van der Waals surface area contributed by atoms with Gasteiger partial charge in [-0.1, -0.05) is 23.7 Å². The van der Waals surface area contributed by atoms with Crippen molar-refractivity contribution in [3.63, 3.8) is 0 Å². The monoisotopic (exact) mass is 562 g/mol. The molecule has 0 atom stereocenters. The number of nitrogens with zero attached hydrogens (tertiary/aromatic N) is 2. The van der Waals surface area contributed by atoms with Crippen LogP contribution in [0.25, 0.3) is 0 Å². The molecule has 0 saturated heterocycles. The molecule has 0 heterocycles. The van der Waals surface area contributed by atoms with Gasteiger partial charge in [-0.05, 0) is 36.8 Å². The number of rotatable bonds is 13. The molecule has 0 bridgehead atoms. The highest BCUT2D eigenvalue weighted by atomic mass is 35.5. The number of halogens is 4. The molecule has 0 fully saturated rings. The number of hydrogen-bond acceptors (Lipinski definition) is 10. The van der Waals surface area contributed by atoms with Gasteiger partial charge in [0.25, 0.3) is 5.69 Å². The molecule has 0 aliphatic rings. The van der Waals surface area contributed by atoms with Gasteiger partial charge in [0, 0.05) is 13.2 Å². The molecule has 0 radical (unpaired) electrons. The molecule has 0 aliphatic heterocycles. The number of hydrogen-bond donors (Lipinski definition) is 0. The first-order chi connectivity index (χ1) is 18.0. The first kappa shape index (κ1) is 30.3. The lowest BCUT2D eigenvalue weighted by atomic mass is 10.1. The lowest BCUT2D eigenvalue weighted by molar-refractivity contribution is -0.385. The van der Waals surface area contributed by atoms with Crippen molar-refractivity contribution >= 4 is 34.9 Å². The fourth-order valence-corrected chi connectivity index (χ4v) is 2.97. The van der Waals surface area contributed by atoms with Gasteiger partial charge >= 0.3 is 18.1 Å². The molecule has 0 aromatic heterocycles. The molecule has 0 aliphatic carbocycles. The number of benzene rings is 2. The number of methoxy groups -OCH3 is 1. The Morgan fingerprint density at radius 1 is 1.05 bits per heavy atom. The van der Waals surface area contributed by atoms with Crippen LogP contribution < -0.4 is 4.74 Å². The Kier molecular flexibility index (Phi) is 11.3. The smallest absolute Gasteiger partial charge is 0.416 e. The summed E-state index contributed by atoms with van der Waals surface area (Å²) in [5.41, 5.74) is -1.67. The second-order valence-corrected chi connectivity index (χ2v) is 7.71. The summed E-state index contributed by atoms with van der Waals surface area (Å²) in [5, 5.41) is 14.9. The normalized spacial score (nSPS) is 11.6. The average molecular weight is 563 g/mol. The number of nitro groups is 1. The van der Waals surface area contributed by atoms with E-state index < -0.39 is 47.5 Å². The van der Waals surface area contributed by atoms with Gasteiger partial charge in [-0.3, -0.25) is 10.1 Å². The van der Waals surface area contributed by atoms with Crippen LogP contribution in [0.4, 0.5) is 18.9 Å². The largest absolute Gasteiger partial charge is 0.463 e. The van der Waals surface area contributed by atoms with Crippen LogP contribution >= 0.6 is 11.6 Å². The van der Waals surface area contributed by atoms with Gasteiger partial charge in [0.1, 0.15) is 17.2 Å². The topological polar surface area (TPSA) is 136 Å². The number of alkyl halides is 3. The molecule has 2 rings (SSSR count). The second kappa shape index (κ2) is 14.1. The van der Waals surface area contributed by atoms with Gasteiger partial charge < -0.3 is 23.8 Å². The number of ether oxygens (including phenoxy) is 4. The molecular formula is C23H22ClF3N2O9. The molecule has 2 aromatic carbocycles. The summed E-state index contributed by atoms with van der Waals surface area (Å²) in [6.45, 7) is 0.292. The third kappa shape index (κ3) is 9.19. The highest BCUT2D eigenvalue weighted by molar-refractivity contribution is 6.32. The highest BCUT2D eigenvalue weighted by Gasteiger charge is 2.31. The van der Waals surface area contributed by atoms with E-state index in [1.807, 2.05) is 0 Å². The van der Waals surface area contributed by atoms with Gasteiger partial charge in [0.15, 0.2) is 6.61 Å². The van der Waals surface area contributed by atoms with Crippen molar-refractivity contribution in [2.24, 2.45) is 5.16 Å². The molecule has 0 spiro atoms. The summed E-state index contributed by atoms with van der Waals surface area (Å²) in [7, 11) is 1.28. The van der Waals surface area contributed by atoms with Crippen LogP contribution in [0.3, 0.4) is 0 Å². The van der Waals surface area contributed by atoms with E-state index in [1.54, 1.807) is 6.92 Å². The van der Waals surface area contributed by atoms with E-state index in [2.05, 4.69) is 9.89 Å². The molecule has 38 heavy (non-hydrogen) atoms. The molecule has 0 amide bonds. The zero-order valence-electron chi connectivity index (χ0n) is 20.1. The number of carbonyl (C=O) groups excluding carboxylic acids is 2. The third-order valence-corrected chi connectivity index (χ3v) is 4.71. The van der Waals surface area contributed by atoms with Crippen LogP contribution in [-0.4, -0.2) is 56.1 Å². The Balaban J connectivity index is 2.22. The quantitative estimate of drug-likeness (QED) is 0.144. The minimum atomic E-state index is -4.61. The second-order valence-electron chi connectivity index (χ2n) is 7.31. The fourth-order valence-electron chi connectivity index (χ4n) is 2.75. The molecule has 2 aromatic rings. The predicted molar refractivity (Wildman–Crippen MR) is 126 cm³/mol. The Morgan fingerprint density at radius 3 is 2.37 bits per heavy atom. The summed E-state index contributed by atoms with van der Waals surface area (Å²) >= 11 is 5.92. The van der Waals surface area contributed by atoms with Crippen LogP contribution in [0.5, 0.6) is 11.5 Å². The van der Waals surface area contributed by atoms with Crippen LogP contribution in [0, 0.1) is 10.1 Å². The van der Waals surface area contributed by atoms with Crippen LogP contribution in [0.1, 0.15) is 24.5 Å². The molecule has 11 nitrogen and oxygen atoms in total. The summed E-state index contributed by atoms with van der Waals surface area (Å²) in [6, 6.07) is 5.90. The van der Waals surface area contributed by atoms with E-state index >= 15 is 0 Å². The van der Waals surface area contributed by atoms with Crippen molar-refractivity contribution in [2.75, 3.05) is 33.5 Å². The molecule has 0 unspecified atom stereocenters. The maximum atomic E-state index is 12.9. The van der Waals surface area contributed by atoms with Gasteiger partial charge in [-0.25, -0.2) is 9.59 Å².